The molecule has 5 rings (SSSR count). The number of aromatic nitrogens is 3. The van der Waals surface area contributed by atoms with E-state index in [1.807, 2.05) is 18.3 Å². The molecule has 1 saturated carbocycles. The van der Waals surface area contributed by atoms with Gasteiger partial charge in [0.2, 0.25) is 16.0 Å². The summed E-state index contributed by atoms with van der Waals surface area (Å²) in [5, 5.41) is 3.37. The van der Waals surface area contributed by atoms with Crippen LogP contribution < -0.4 is 5.32 Å². The summed E-state index contributed by atoms with van der Waals surface area (Å²) >= 11 is 0. The van der Waals surface area contributed by atoms with E-state index in [2.05, 4.69) is 28.0 Å². The Morgan fingerprint density at radius 3 is 2.43 bits per heavy atom. The Balaban J connectivity index is 1.49. The molecule has 2 aromatic heterocycles. The number of rotatable bonds is 8. The van der Waals surface area contributed by atoms with Gasteiger partial charge >= 0.3 is 0 Å². The van der Waals surface area contributed by atoms with Crippen molar-refractivity contribution in [3.63, 3.8) is 0 Å². The quantitative estimate of drug-likeness (QED) is 0.396. The fraction of sp³-hybridized carbons (Fsp3) is 0.556. The Morgan fingerprint density at radius 2 is 1.71 bits per heavy atom. The molecule has 188 valence electrons. The van der Waals surface area contributed by atoms with E-state index in [9.17, 15) is 8.42 Å². The minimum Gasteiger partial charge on any atom is -0.354 e. The molecule has 1 aromatic carbocycles. The molecule has 1 aliphatic heterocycles. The third kappa shape index (κ3) is 5.09. The molecule has 0 bridgehead atoms. The highest BCUT2D eigenvalue weighted by Crippen LogP contribution is 2.38. The van der Waals surface area contributed by atoms with E-state index >= 15 is 0 Å². The molecule has 2 aliphatic rings. The van der Waals surface area contributed by atoms with Crippen molar-refractivity contribution in [1.29, 1.82) is 0 Å². The van der Waals surface area contributed by atoms with Crippen molar-refractivity contribution in [1.82, 2.24) is 18.8 Å². The van der Waals surface area contributed by atoms with Crippen molar-refractivity contribution < 1.29 is 8.42 Å². The Bertz CT molecular complexity index is 1240. The second-order valence-corrected chi connectivity index (χ2v) is 11.9. The van der Waals surface area contributed by atoms with Crippen molar-refractivity contribution in [2.24, 2.45) is 0 Å². The molecule has 3 heterocycles. The smallest absolute Gasteiger partial charge is 0.243 e. The largest absolute Gasteiger partial charge is 0.354 e. The summed E-state index contributed by atoms with van der Waals surface area (Å²) in [7, 11) is -3.44. The van der Waals surface area contributed by atoms with Crippen molar-refractivity contribution in [3.8, 4) is 5.69 Å². The Morgan fingerprint density at radius 1 is 1.00 bits per heavy atom. The van der Waals surface area contributed by atoms with Gasteiger partial charge in [-0.1, -0.05) is 39.0 Å². The van der Waals surface area contributed by atoms with Gasteiger partial charge < -0.3 is 9.88 Å². The van der Waals surface area contributed by atoms with Gasteiger partial charge in [-0.2, -0.15) is 4.31 Å². The maximum Gasteiger partial charge on any atom is 0.243 e. The summed E-state index contributed by atoms with van der Waals surface area (Å²) in [6.07, 6.45) is 15.5. The standard InChI is InChI=1S/C27H37N5O2S/c1-2-3-16-28-27-29-19-25-26(30-27)24(21-10-6-4-7-11-21)20-32(25)22-12-14-23(15-13-22)35(33,34)31-17-8-5-9-18-31/h12-15,19-21H,2-11,16-18H2,1H3,(H,28,29,30). The maximum atomic E-state index is 13.1. The summed E-state index contributed by atoms with van der Waals surface area (Å²) in [6.45, 7) is 4.27. The number of hydrogen-bond donors (Lipinski definition) is 1. The SMILES string of the molecule is CCCCNc1ncc2c(n1)c(C1CCCCC1)cn2-c1ccc(S(=O)(=O)N2CCCCC2)cc1. The summed E-state index contributed by atoms with van der Waals surface area (Å²) in [5.74, 6) is 1.19. The first kappa shape index (κ1) is 24.3. The normalized spacial score (nSPS) is 18.2. The van der Waals surface area contributed by atoms with E-state index in [0.717, 1.165) is 55.4 Å². The van der Waals surface area contributed by atoms with Crippen LogP contribution in [-0.2, 0) is 10.0 Å². The molecule has 0 spiro atoms. The van der Waals surface area contributed by atoms with Crippen LogP contribution in [0.2, 0.25) is 0 Å². The van der Waals surface area contributed by atoms with E-state index in [-0.39, 0.29) is 0 Å². The van der Waals surface area contributed by atoms with Crippen LogP contribution in [-0.4, -0.2) is 46.9 Å². The lowest BCUT2D eigenvalue weighted by molar-refractivity contribution is 0.346. The molecule has 8 heteroatoms. The Hall–Kier alpha value is -2.45. The minimum atomic E-state index is -3.44. The number of nitrogens with zero attached hydrogens (tertiary/aromatic N) is 4. The molecule has 2 fully saturated rings. The van der Waals surface area contributed by atoms with Crippen LogP contribution >= 0.6 is 0 Å². The van der Waals surface area contributed by atoms with E-state index in [0.29, 0.717) is 29.9 Å². The number of anilines is 1. The van der Waals surface area contributed by atoms with Crippen molar-refractivity contribution in [3.05, 3.63) is 42.2 Å². The van der Waals surface area contributed by atoms with E-state index < -0.39 is 10.0 Å². The Labute approximate surface area is 209 Å². The predicted molar refractivity (Wildman–Crippen MR) is 141 cm³/mol. The zero-order chi connectivity index (χ0) is 24.3. The molecular formula is C27H37N5O2S. The number of nitrogens with one attached hydrogen (secondary N) is 1. The van der Waals surface area contributed by atoms with Crippen molar-refractivity contribution in [2.75, 3.05) is 25.0 Å². The van der Waals surface area contributed by atoms with Gasteiger partial charge in [-0.05, 0) is 67.9 Å². The first-order chi connectivity index (χ1) is 17.1. The molecular weight excluding hydrogens is 458 g/mol. The number of fused-ring (bicyclic) bond motifs is 1. The van der Waals surface area contributed by atoms with Crippen LogP contribution in [0.1, 0.15) is 82.6 Å². The zero-order valence-electron chi connectivity index (χ0n) is 20.7. The van der Waals surface area contributed by atoms with Crippen LogP contribution in [0.4, 0.5) is 5.95 Å². The van der Waals surface area contributed by atoms with Crippen LogP contribution in [0.15, 0.2) is 41.6 Å². The van der Waals surface area contributed by atoms with Gasteiger partial charge in [0.05, 0.1) is 22.1 Å². The second-order valence-electron chi connectivity index (χ2n) is 9.96. The third-order valence-corrected chi connectivity index (χ3v) is 9.41. The molecule has 3 aromatic rings. The molecule has 7 nitrogen and oxygen atoms in total. The third-order valence-electron chi connectivity index (χ3n) is 7.50. The van der Waals surface area contributed by atoms with Crippen molar-refractivity contribution in [2.45, 2.75) is 81.9 Å². The monoisotopic (exact) mass is 495 g/mol. The highest BCUT2D eigenvalue weighted by atomic mass is 32.2. The summed E-state index contributed by atoms with van der Waals surface area (Å²) in [4.78, 5) is 9.90. The molecule has 0 amide bonds. The predicted octanol–water partition coefficient (Wildman–Crippen LogP) is 5.85. The van der Waals surface area contributed by atoms with E-state index in [4.69, 9.17) is 4.98 Å². The number of benzene rings is 1. The maximum absolute atomic E-state index is 13.1. The summed E-state index contributed by atoms with van der Waals surface area (Å²) in [6, 6.07) is 7.31. The van der Waals surface area contributed by atoms with Gasteiger partial charge in [0.25, 0.3) is 0 Å². The minimum absolute atomic E-state index is 0.366. The van der Waals surface area contributed by atoms with Crippen molar-refractivity contribution >= 4 is 27.0 Å². The number of hydrogen-bond acceptors (Lipinski definition) is 5. The summed E-state index contributed by atoms with van der Waals surface area (Å²) < 4.78 is 29.9. The molecule has 0 atom stereocenters. The molecule has 1 N–H and O–H groups in total. The first-order valence-electron chi connectivity index (χ1n) is 13.3. The van der Waals surface area contributed by atoms with Crippen LogP contribution in [0.5, 0.6) is 0 Å². The molecule has 1 aliphatic carbocycles. The van der Waals surface area contributed by atoms with Gasteiger partial charge in [0, 0.05) is 31.5 Å². The van der Waals surface area contributed by atoms with Gasteiger partial charge in [0.1, 0.15) is 0 Å². The van der Waals surface area contributed by atoms with Crippen LogP contribution in [0.3, 0.4) is 0 Å². The molecule has 35 heavy (non-hydrogen) atoms. The number of piperidine rings is 1. The lowest BCUT2D eigenvalue weighted by Crippen LogP contribution is -2.35. The average Bonchev–Trinajstić information content (AvgIpc) is 3.29. The second kappa shape index (κ2) is 10.7. The van der Waals surface area contributed by atoms with Gasteiger partial charge in [-0.25, -0.2) is 18.4 Å². The lowest BCUT2D eigenvalue weighted by Gasteiger charge is -2.25. The van der Waals surface area contributed by atoms with Gasteiger partial charge in [0.15, 0.2) is 0 Å². The van der Waals surface area contributed by atoms with Gasteiger partial charge in [-0.3, -0.25) is 0 Å². The fourth-order valence-electron chi connectivity index (χ4n) is 5.46. The molecule has 0 unspecified atom stereocenters. The van der Waals surface area contributed by atoms with Crippen LogP contribution in [0.25, 0.3) is 16.7 Å². The average molecular weight is 496 g/mol. The number of sulfonamides is 1. The molecule has 0 radical (unpaired) electrons. The zero-order valence-corrected chi connectivity index (χ0v) is 21.6. The highest BCUT2D eigenvalue weighted by molar-refractivity contribution is 7.89. The lowest BCUT2D eigenvalue weighted by atomic mass is 9.85. The van der Waals surface area contributed by atoms with E-state index in [1.54, 1.807) is 16.4 Å². The number of unbranched alkanes of at least 4 members (excludes halogenated alkanes) is 1. The fourth-order valence-corrected chi connectivity index (χ4v) is 6.97. The Kier molecular flexibility index (Phi) is 7.39. The van der Waals surface area contributed by atoms with Gasteiger partial charge in [-0.15, -0.1) is 0 Å². The van der Waals surface area contributed by atoms with E-state index in [1.165, 1.54) is 37.7 Å². The molecule has 1 saturated heterocycles. The highest BCUT2D eigenvalue weighted by Gasteiger charge is 2.26. The first-order valence-corrected chi connectivity index (χ1v) is 14.7. The summed E-state index contributed by atoms with van der Waals surface area (Å²) in [5.41, 5.74) is 4.20. The van der Waals surface area contributed by atoms with Crippen LogP contribution in [0, 0.1) is 0 Å². The topological polar surface area (TPSA) is 80.1 Å².